The van der Waals surface area contributed by atoms with Gasteiger partial charge in [0.1, 0.15) is 0 Å². The summed E-state index contributed by atoms with van der Waals surface area (Å²) in [6.45, 7) is 4.37. The van der Waals surface area contributed by atoms with E-state index >= 15 is 0 Å². The Hall–Kier alpha value is -1.80. The third kappa shape index (κ3) is 2.56. The van der Waals surface area contributed by atoms with Gasteiger partial charge < -0.3 is 5.32 Å². The first-order valence-electron chi connectivity index (χ1n) is 7.12. The number of fused-ring (bicyclic) bond motifs is 1. The van der Waals surface area contributed by atoms with Crippen molar-refractivity contribution < 1.29 is 4.79 Å². The van der Waals surface area contributed by atoms with Crippen molar-refractivity contribution in [3.63, 3.8) is 0 Å². The van der Waals surface area contributed by atoms with E-state index in [1.165, 1.54) is 11.1 Å². The average molecular weight is 300 g/mol. The third-order valence-electron chi connectivity index (χ3n) is 4.19. The molecule has 108 valence electrons. The maximum Gasteiger partial charge on any atom is 0.253 e. The Balaban J connectivity index is 1.91. The highest BCUT2D eigenvalue weighted by molar-refractivity contribution is 6.33. The summed E-state index contributed by atoms with van der Waals surface area (Å²) in [4.78, 5) is 12.5. The van der Waals surface area contributed by atoms with E-state index in [2.05, 4.69) is 31.3 Å². The van der Waals surface area contributed by atoms with E-state index in [-0.39, 0.29) is 17.4 Å². The molecule has 0 radical (unpaired) electrons. The first kappa shape index (κ1) is 14.2. The fourth-order valence-electron chi connectivity index (χ4n) is 3.12. The molecule has 1 unspecified atom stereocenters. The van der Waals surface area contributed by atoms with Gasteiger partial charge in [0.25, 0.3) is 5.91 Å². The molecule has 2 nitrogen and oxygen atoms in total. The van der Waals surface area contributed by atoms with E-state index in [9.17, 15) is 4.79 Å². The number of halogens is 1. The summed E-state index contributed by atoms with van der Waals surface area (Å²) in [5.74, 6) is -0.115. The molecule has 2 aromatic rings. The van der Waals surface area contributed by atoms with Crippen molar-refractivity contribution in [1.82, 2.24) is 5.32 Å². The number of nitrogens with one attached hydrogen (secondary N) is 1. The van der Waals surface area contributed by atoms with Crippen molar-refractivity contribution in [2.24, 2.45) is 5.41 Å². The maximum absolute atomic E-state index is 12.5. The van der Waals surface area contributed by atoms with Crippen LogP contribution >= 0.6 is 11.6 Å². The smallest absolute Gasteiger partial charge is 0.253 e. The topological polar surface area (TPSA) is 29.1 Å². The summed E-state index contributed by atoms with van der Waals surface area (Å²) in [5, 5.41) is 3.64. The molecule has 0 bridgehead atoms. The first-order chi connectivity index (χ1) is 9.99. The zero-order valence-electron chi connectivity index (χ0n) is 12.2. The Morgan fingerprint density at radius 1 is 1.14 bits per heavy atom. The van der Waals surface area contributed by atoms with Gasteiger partial charge in [-0.3, -0.25) is 4.79 Å². The van der Waals surface area contributed by atoms with Crippen LogP contribution in [0.2, 0.25) is 5.02 Å². The van der Waals surface area contributed by atoms with Crippen LogP contribution in [0.4, 0.5) is 0 Å². The standard InChI is InChI=1S/C18H18ClNO/c1-18(2)11-12-7-3-4-8-13(12)16(18)20-17(21)14-9-5-6-10-15(14)19/h3-10,16H,11H2,1-2H3,(H,20,21). The minimum atomic E-state index is -0.115. The zero-order chi connectivity index (χ0) is 15.0. The van der Waals surface area contributed by atoms with Crippen molar-refractivity contribution in [2.45, 2.75) is 26.3 Å². The van der Waals surface area contributed by atoms with Crippen LogP contribution in [0.1, 0.15) is 41.4 Å². The fraction of sp³-hybridized carbons (Fsp3) is 0.278. The van der Waals surface area contributed by atoms with Crippen molar-refractivity contribution in [3.8, 4) is 0 Å². The molecule has 21 heavy (non-hydrogen) atoms. The quantitative estimate of drug-likeness (QED) is 0.875. The summed E-state index contributed by atoms with van der Waals surface area (Å²) < 4.78 is 0. The lowest BCUT2D eigenvalue weighted by Crippen LogP contribution is -2.35. The van der Waals surface area contributed by atoms with Crippen molar-refractivity contribution >= 4 is 17.5 Å². The number of hydrogen-bond acceptors (Lipinski definition) is 1. The van der Waals surface area contributed by atoms with Crippen LogP contribution in [-0.4, -0.2) is 5.91 Å². The Bertz CT molecular complexity index is 693. The molecule has 0 aromatic heterocycles. The summed E-state index contributed by atoms with van der Waals surface area (Å²) >= 11 is 6.12. The van der Waals surface area contributed by atoms with E-state index < -0.39 is 0 Å². The minimum absolute atomic E-state index is 0.000598. The van der Waals surface area contributed by atoms with Crippen LogP contribution in [-0.2, 0) is 6.42 Å². The highest BCUT2D eigenvalue weighted by atomic mass is 35.5. The summed E-state index contributed by atoms with van der Waals surface area (Å²) in [5.41, 5.74) is 3.05. The van der Waals surface area contributed by atoms with Gasteiger partial charge in [-0.2, -0.15) is 0 Å². The number of carbonyl (C=O) groups excluding carboxylic acids is 1. The van der Waals surface area contributed by atoms with Gasteiger partial charge in [0.05, 0.1) is 16.6 Å². The monoisotopic (exact) mass is 299 g/mol. The Morgan fingerprint density at radius 2 is 1.81 bits per heavy atom. The van der Waals surface area contributed by atoms with Crippen molar-refractivity contribution in [3.05, 3.63) is 70.2 Å². The summed E-state index contributed by atoms with van der Waals surface area (Å²) in [6.07, 6.45) is 0.969. The molecule has 2 aromatic carbocycles. The largest absolute Gasteiger partial charge is 0.345 e. The summed E-state index contributed by atoms with van der Waals surface area (Å²) in [6, 6.07) is 15.5. The Kier molecular flexibility index (Phi) is 3.50. The zero-order valence-corrected chi connectivity index (χ0v) is 12.9. The molecule has 3 rings (SSSR count). The van der Waals surface area contributed by atoms with Crippen molar-refractivity contribution in [1.29, 1.82) is 0 Å². The lowest BCUT2D eigenvalue weighted by atomic mass is 9.85. The van der Waals surface area contributed by atoms with Gasteiger partial charge >= 0.3 is 0 Å². The molecule has 0 fully saturated rings. The fourth-order valence-corrected chi connectivity index (χ4v) is 3.34. The SMILES string of the molecule is CC1(C)Cc2ccccc2C1NC(=O)c1ccccc1Cl. The lowest BCUT2D eigenvalue weighted by molar-refractivity contribution is 0.0904. The lowest BCUT2D eigenvalue weighted by Gasteiger charge is -2.28. The number of rotatable bonds is 2. The molecule has 0 aliphatic heterocycles. The van der Waals surface area contributed by atoms with Crippen molar-refractivity contribution in [2.75, 3.05) is 0 Å². The van der Waals surface area contributed by atoms with Crippen LogP contribution in [0.15, 0.2) is 48.5 Å². The molecule has 0 spiro atoms. The van der Waals surface area contributed by atoms with Crippen LogP contribution in [0.3, 0.4) is 0 Å². The second-order valence-corrected chi connectivity index (χ2v) is 6.66. The highest BCUT2D eigenvalue weighted by Gasteiger charge is 2.39. The minimum Gasteiger partial charge on any atom is -0.345 e. The second-order valence-electron chi connectivity index (χ2n) is 6.25. The van der Waals surface area contributed by atoms with Gasteiger partial charge in [-0.05, 0) is 35.1 Å². The Labute approximate surface area is 130 Å². The van der Waals surface area contributed by atoms with Gasteiger partial charge in [0.15, 0.2) is 0 Å². The van der Waals surface area contributed by atoms with E-state index in [1.54, 1.807) is 12.1 Å². The molecule has 3 heteroatoms. The van der Waals surface area contributed by atoms with Gasteiger partial charge in [-0.25, -0.2) is 0 Å². The highest BCUT2D eigenvalue weighted by Crippen LogP contribution is 2.45. The number of hydrogen-bond donors (Lipinski definition) is 1. The van der Waals surface area contributed by atoms with Crippen LogP contribution in [0.25, 0.3) is 0 Å². The molecular weight excluding hydrogens is 282 g/mol. The molecule has 1 aliphatic rings. The molecule has 0 saturated heterocycles. The maximum atomic E-state index is 12.5. The molecule has 0 heterocycles. The normalized spacial score (nSPS) is 19.1. The van der Waals surface area contributed by atoms with E-state index in [0.717, 1.165) is 6.42 Å². The van der Waals surface area contributed by atoms with E-state index in [1.807, 2.05) is 24.3 Å². The second kappa shape index (κ2) is 5.19. The number of amides is 1. The molecular formula is C18H18ClNO. The predicted octanol–water partition coefficient (Wildman–Crippen LogP) is 4.39. The van der Waals surface area contributed by atoms with Crippen LogP contribution in [0.5, 0.6) is 0 Å². The first-order valence-corrected chi connectivity index (χ1v) is 7.50. The van der Waals surface area contributed by atoms with Gasteiger partial charge in [0, 0.05) is 0 Å². The molecule has 1 amide bonds. The van der Waals surface area contributed by atoms with Gasteiger partial charge in [-0.1, -0.05) is 61.8 Å². The van der Waals surface area contributed by atoms with Crippen LogP contribution < -0.4 is 5.32 Å². The van der Waals surface area contributed by atoms with Gasteiger partial charge in [0.2, 0.25) is 0 Å². The molecule has 0 saturated carbocycles. The average Bonchev–Trinajstić information content (AvgIpc) is 2.70. The third-order valence-corrected chi connectivity index (χ3v) is 4.52. The molecule has 1 N–H and O–H groups in total. The van der Waals surface area contributed by atoms with E-state index in [4.69, 9.17) is 11.6 Å². The Morgan fingerprint density at radius 3 is 2.57 bits per heavy atom. The van der Waals surface area contributed by atoms with Gasteiger partial charge in [-0.15, -0.1) is 0 Å². The molecule has 1 aliphatic carbocycles. The number of benzene rings is 2. The predicted molar refractivity (Wildman–Crippen MR) is 85.6 cm³/mol. The van der Waals surface area contributed by atoms with Crippen LogP contribution in [0, 0.1) is 5.41 Å². The summed E-state index contributed by atoms with van der Waals surface area (Å²) in [7, 11) is 0. The number of carbonyl (C=O) groups is 1. The molecule has 1 atom stereocenters. The van der Waals surface area contributed by atoms with E-state index in [0.29, 0.717) is 10.6 Å².